The number of nitrogens with zero attached hydrogens (tertiary/aromatic N) is 3. The third kappa shape index (κ3) is 3.63. The van der Waals surface area contributed by atoms with Crippen molar-refractivity contribution in [2.45, 2.75) is 76.8 Å². The highest BCUT2D eigenvalue weighted by Gasteiger charge is 2.32. The molecule has 1 saturated heterocycles. The summed E-state index contributed by atoms with van der Waals surface area (Å²) >= 11 is 6.38. The van der Waals surface area contributed by atoms with Crippen molar-refractivity contribution in [1.82, 2.24) is 14.9 Å². The highest BCUT2D eigenvalue weighted by atomic mass is 35.5. The van der Waals surface area contributed by atoms with Crippen molar-refractivity contribution in [2.75, 3.05) is 18.0 Å². The van der Waals surface area contributed by atoms with Gasteiger partial charge in [-0.05, 0) is 69.6 Å². The smallest absolute Gasteiger partial charge is 0.223 e. The molecule has 2 aromatic rings. The molecule has 1 amide bonds. The Labute approximate surface area is 177 Å². The number of aromatic nitrogens is 2. The number of halogens is 1. The summed E-state index contributed by atoms with van der Waals surface area (Å²) in [5, 5.41) is 4.07. The molecule has 156 valence electrons. The second-order valence-corrected chi connectivity index (χ2v) is 9.62. The molecule has 5 nitrogen and oxygen atoms in total. The average Bonchev–Trinajstić information content (AvgIpc) is 3.30. The lowest BCUT2D eigenvalue weighted by Gasteiger charge is -2.36. The number of imidazole rings is 1. The van der Waals surface area contributed by atoms with Crippen LogP contribution in [-0.4, -0.2) is 34.6 Å². The molecule has 0 radical (unpaired) electrons. The van der Waals surface area contributed by atoms with E-state index in [0.29, 0.717) is 12.1 Å². The fourth-order valence-corrected chi connectivity index (χ4v) is 5.32. The third-order valence-electron chi connectivity index (χ3n) is 7.24. The van der Waals surface area contributed by atoms with E-state index in [4.69, 9.17) is 16.6 Å². The lowest BCUT2D eigenvalue weighted by Crippen LogP contribution is -2.44. The zero-order chi connectivity index (χ0) is 20.0. The SMILES string of the molecule is Cc1cc2c(cc1Cl)nc(N1CCC(C(=O)NC3CCCC3)CC1)n2C1CCC1. The van der Waals surface area contributed by atoms with E-state index in [-0.39, 0.29) is 11.8 Å². The zero-order valence-corrected chi connectivity index (χ0v) is 18.0. The fourth-order valence-electron chi connectivity index (χ4n) is 5.17. The van der Waals surface area contributed by atoms with Gasteiger partial charge in [0.25, 0.3) is 0 Å². The van der Waals surface area contributed by atoms with Crippen LogP contribution in [0.3, 0.4) is 0 Å². The fraction of sp³-hybridized carbons (Fsp3) is 0.652. The van der Waals surface area contributed by atoms with Gasteiger partial charge in [-0.25, -0.2) is 4.98 Å². The quantitative estimate of drug-likeness (QED) is 0.765. The Morgan fingerprint density at radius 3 is 2.45 bits per heavy atom. The van der Waals surface area contributed by atoms with Crippen LogP contribution in [0.15, 0.2) is 12.1 Å². The molecule has 0 bridgehead atoms. The molecular weight excluding hydrogens is 384 g/mol. The van der Waals surface area contributed by atoms with Crippen LogP contribution in [0.4, 0.5) is 5.95 Å². The molecule has 2 aliphatic carbocycles. The molecule has 3 aliphatic rings. The Bertz CT molecular complexity index is 905. The molecule has 1 aliphatic heterocycles. The van der Waals surface area contributed by atoms with Crippen molar-refractivity contribution in [3.8, 4) is 0 Å². The predicted molar refractivity (Wildman–Crippen MR) is 118 cm³/mol. The maximum atomic E-state index is 12.7. The molecule has 1 aromatic heterocycles. The van der Waals surface area contributed by atoms with Crippen LogP contribution in [0, 0.1) is 12.8 Å². The lowest BCUT2D eigenvalue weighted by molar-refractivity contribution is -0.126. The number of fused-ring (bicyclic) bond motifs is 1. The summed E-state index contributed by atoms with van der Waals surface area (Å²) in [4.78, 5) is 20.1. The first kappa shape index (κ1) is 19.2. The Morgan fingerprint density at radius 2 is 1.79 bits per heavy atom. The highest BCUT2D eigenvalue weighted by Crippen LogP contribution is 2.40. The third-order valence-corrected chi connectivity index (χ3v) is 7.65. The molecule has 0 spiro atoms. The van der Waals surface area contributed by atoms with Crippen molar-refractivity contribution in [2.24, 2.45) is 5.92 Å². The first-order valence-corrected chi connectivity index (χ1v) is 11.7. The van der Waals surface area contributed by atoms with Crippen molar-refractivity contribution in [3.05, 3.63) is 22.7 Å². The van der Waals surface area contributed by atoms with Crippen LogP contribution >= 0.6 is 11.6 Å². The number of amides is 1. The minimum Gasteiger partial charge on any atom is -0.353 e. The Balaban J connectivity index is 1.34. The number of benzene rings is 1. The number of aryl methyl sites for hydroxylation is 1. The Kier molecular flexibility index (Phi) is 5.19. The van der Waals surface area contributed by atoms with Crippen molar-refractivity contribution in [3.63, 3.8) is 0 Å². The largest absolute Gasteiger partial charge is 0.353 e. The van der Waals surface area contributed by atoms with Gasteiger partial charge in [0.15, 0.2) is 0 Å². The monoisotopic (exact) mass is 414 g/mol. The van der Waals surface area contributed by atoms with E-state index in [1.165, 1.54) is 37.6 Å². The van der Waals surface area contributed by atoms with Gasteiger partial charge >= 0.3 is 0 Å². The predicted octanol–water partition coefficient (Wildman–Crippen LogP) is 5.00. The van der Waals surface area contributed by atoms with E-state index in [1.807, 2.05) is 6.07 Å². The Hall–Kier alpha value is -1.75. The molecule has 5 rings (SSSR count). The van der Waals surface area contributed by atoms with Crippen molar-refractivity contribution < 1.29 is 4.79 Å². The topological polar surface area (TPSA) is 50.2 Å². The second kappa shape index (κ2) is 7.82. The maximum Gasteiger partial charge on any atom is 0.223 e. The first-order valence-electron chi connectivity index (χ1n) is 11.3. The average molecular weight is 415 g/mol. The summed E-state index contributed by atoms with van der Waals surface area (Å²) in [5.74, 6) is 1.48. The van der Waals surface area contributed by atoms with Crippen LogP contribution in [-0.2, 0) is 4.79 Å². The van der Waals surface area contributed by atoms with Gasteiger partial charge in [-0.2, -0.15) is 0 Å². The van der Waals surface area contributed by atoms with Crippen LogP contribution in [0.5, 0.6) is 0 Å². The van der Waals surface area contributed by atoms with E-state index in [1.54, 1.807) is 0 Å². The van der Waals surface area contributed by atoms with Gasteiger partial charge < -0.3 is 14.8 Å². The molecule has 29 heavy (non-hydrogen) atoms. The number of rotatable bonds is 4. The maximum absolute atomic E-state index is 12.7. The van der Waals surface area contributed by atoms with E-state index < -0.39 is 0 Å². The highest BCUT2D eigenvalue weighted by molar-refractivity contribution is 6.32. The number of hydrogen-bond acceptors (Lipinski definition) is 3. The number of nitrogens with one attached hydrogen (secondary N) is 1. The molecular formula is C23H31ClN4O. The van der Waals surface area contributed by atoms with E-state index >= 15 is 0 Å². The second-order valence-electron chi connectivity index (χ2n) is 9.21. The van der Waals surface area contributed by atoms with Gasteiger partial charge in [0.2, 0.25) is 11.9 Å². The number of piperidine rings is 1. The van der Waals surface area contributed by atoms with Crippen LogP contribution in [0.2, 0.25) is 5.02 Å². The van der Waals surface area contributed by atoms with Gasteiger partial charge in [0, 0.05) is 36.1 Å². The standard InChI is InChI=1S/C23H31ClN4O/c1-15-13-21-20(14-19(15)24)26-23(28(21)18-7-4-8-18)27-11-9-16(10-12-27)22(29)25-17-5-2-3-6-17/h13-14,16-18H,2-12H2,1H3,(H,25,29). The van der Waals surface area contributed by atoms with E-state index in [2.05, 4.69) is 27.8 Å². The van der Waals surface area contributed by atoms with Crippen LogP contribution in [0.1, 0.15) is 69.4 Å². The first-order chi connectivity index (χ1) is 14.1. The van der Waals surface area contributed by atoms with Gasteiger partial charge in [-0.1, -0.05) is 24.4 Å². The molecule has 3 fully saturated rings. The van der Waals surface area contributed by atoms with Crippen molar-refractivity contribution >= 4 is 34.5 Å². The number of carbonyl (C=O) groups is 1. The lowest BCUT2D eigenvalue weighted by atomic mass is 9.92. The molecule has 6 heteroatoms. The van der Waals surface area contributed by atoms with Crippen LogP contribution < -0.4 is 10.2 Å². The number of hydrogen-bond donors (Lipinski definition) is 1. The van der Waals surface area contributed by atoms with E-state index in [0.717, 1.165) is 60.8 Å². The van der Waals surface area contributed by atoms with Gasteiger partial charge in [-0.15, -0.1) is 0 Å². The molecule has 2 heterocycles. The summed E-state index contributed by atoms with van der Waals surface area (Å²) in [7, 11) is 0. The zero-order valence-electron chi connectivity index (χ0n) is 17.3. The summed E-state index contributed by atoms with van der Waals surface area (Å²) in [5.41, 5.74) is 3.30. The minimum absolute atomic E-state index is 0.144. The molecule has 2 saturated carbocycles. The summed E-state index contributed by atoms with van der Waals surface area (Å²) in [6, 6.07) is 5.15. The van der Waals surface area contributed by atoms with Crippen LogP contribution in [0.25, 0.3) is 11.0 Å². The Morgan fingerprint density at radius 1 is 1.07 bits per heavy atom. The molecule has 1 N–H and O–H groups in total. The van der Waals surface area contributed by atoms with E-state index in [9.17, 15) is 4.79 Å². The van der Waals surface area contributed by atoms with Gasteiger partial charge in [0.05, 0.1) is 11.0 Å². The minimum atomic E-state index is 0.144. The van der Waals surface area contributed by atoms with Gasteiger partial charge in [0.1, 0.15) is 0 Å². The summed E-state index contributed by atoms with van der Waals surface area (Å²) in [6.07, 6.45) is 10.4. The normalized spacial score (nSPS) is 21.7. The van der Waals surface area contributed by atoms with Gasteiger partial charge in [-0.3, -0.25) is 4.79 Å². The molecule has 0 atom stereocenters. The van der Waals surface area contributed by atoms with Crippen molar-refractivity contribution in [1.29, 1.82) is 0 Å². The molecule has 1 aromatic carbocycles. The summed E-state index contributed by atoms with van der Waals surface area (Å²) < 4.78 is 2.45. The summed E-state index contributed by atoms with van der Waals surface area (Å²) in [6.45, 7) is 3.85. The number of carbonyl (C=O) groups excluding carboxylic acids is 1. The number of anilines is 1. The molecule has 0 unspecified atom stereocenters.